The third-order valence-corrected chi connectivity index (χ3v) is 9.74. The van der Waals surface area contributed by atoms with Crippen LogP contribution in [0.4, 0.5) is 0 Å². The number of benzene rings is 1. The van der Waals surface area contributed by atoms with Crippen LogP contribution in [-0.2, 0) is 17.8 Å². The first-order valence-electron chi connectivity index (χ1n) is 14.6. The first kappa shape index (κ1) is 27.1. The quantitative estimate of drug-likeness (QED) is 0.488. The zero-order valence-corrected chi connectivity index (χ0v) is 23.2. The predicted octanol–water partition coefficient (Wildman–Crippen LogP) is 5.40. The molecule has 7 nitrogen and oxygen atoms in total. The Hall–Kier alpha value is -2.43. The summed E-state index contributed by atoms with van der Waals surface area (Å²) in [6, 6.07) is 10.3. The Morgan fingerprint density at radius 1 is 1.08 bits per heavy atom. The van der Waals surface area contributed by atoms with Crippen molar-refractivity contribution in [1.82, 2.24) is 25.0 Å². The molecule has 0 spiro atoms. The molecule has 1 atom stereocenters. The summed E-state index contributed by atoms with van der Waals surface area (Å²) in [6.45, 7) is 2.49. The normalized spacial score (nSPS) is 25.0. The van der Waals surface area contributed by atoms with Crippen molar-refractivity contribution in [1.29, 1.82) is 5.26 Å². The summed E-state index contributed by atoms with van der Waals surface area (Å²) in [5.74, 6) is 1.05. The van der Waals surface area contributed by atoms with E-state index in [9.17, 15) is 10.1 Å². The lowest BCUT2D eigenvalue weighted by atomic mass is 9.63. The van der Waals surface area contributed by atoms with Crippen LogP contribution in [0.5, 0.6) is 0 Å². The topological polar surface area (TPSA) is 86.8 Å². The Balaban J connectivity index is 1.28. The van der Waals surface area contributed by atoms with Gasteiger partial charge in [-0.05, 0) is 86.8 Å². The number of nitriles is 1. The maximum atomic E-state index is 14.0. The smallest absolute Gasteiger partial charge is 0.240 e. The van der Waals surface area contributed by atoms with Crippen molar-refractivity contribution in [2.45, 2.75) is 95.7 Å². The highest BCUT2D eigenvalue weighted by Gasteiger charge is 2.44. The number of carbonyl (C=O) groups is 1. The van der Waals surface area contributed by atoms with Gasteiger partial charge in [-0.1, -0.05) is 43.0 Å². The molecular formula is C30H41ClN6O. The van der Waals surface area contributed by atoms with Gasteiger partial charge in [-0.2, -0.15) is 10.4 Å². The van der Waals surface area contributed by atoms with Gasteiger partial charge in [0.2, 0.25) is 5.91 Å². The van der Waals surface area contributed by atoms with Crippen LogP contribution in [0.15, 0.2) is 36.9 Å². The van der Waals surface area contributed by atoms with Gasteiger partial charge in [0, 0.05) is 36.6 Å². The van der Waals surface area contributed by atoms with Gasteiger partial charge in [-0.3, -0.25) is 9.48 Å². The van der Waals surface area contributed by atoms with E-state index >= 15 is 0 Å². The van der Waals surface area contributed by atoms with Crippen LogP contribution in [0.25, 0.3) is 0 Å². The molecule has 0 bridgehead atoms. The van der Waals surface area contributed by atoms with Gasteiger partial charge >= 0.3 is 0 Å². The van der Waals surface area contributed by atoms with Crippen molar-refractivity contribution < 1.29 is 4.79 Å². The maximum absolute atomic E-state index is 14.0. The number of amides is 1. The lowest BCUT2D eigenvalue weighted by Gasteiger charge is -2.48. The highest BCUT2D eigenvalue weighted by molar-refractivity contribution is 6.30. The van der Waals surface area contributed by atoms with Crippen LogP contribution in [0.1, 0.15) is 76.2 Å². The Morgan fingerprint density at radius 3 is 2.42 bits per heavy atom. The zero-order valence-electron chi connectivity index (χ0n) is 22.4. The summed E-state index contributed by atoms with van der Waals surface area (Å²) in [5.41, 5.74) is 1.30. The molecule has 3 aliphatic rings. The Kier molecular flexibility index (Phi) is 9.01. The largest absolute Gasteiger partial charge is 0.341 e. The molecule has 3 fully saturated rings. The average molecular weight is 537 g/mol. The van der Waals surface area contributed by atoms with Crippen LogP contribution in [0.3, 0.4) is 0 Å². The minimum absolute atomic E-state index is 0.151. The molecule has 2 aromatic rings. The molecule has 38 heavy (non-hydrogen) atoms. The van der Waals surface area contributed by atoms with E-state index in [0.29, 0.717) is 17.4 Å². The van der Waals surface area contributed by atoms with Gasteiger partial charge in [0.25, 0.3) is 0 Å². The number of rotatable bonds is 8. The fourth-order valence-electron chi connectivity index (χ4n) is 7.19. The van der Waals surface area contributed by atoms with E-state index < -0.39 is 0 Å². The van der Waals surface area contributed by atoms with Crippen molar-refractivity contribution in [3.63, 3.8) is 0 Å². The molecule has 1 aliphatic heterocycles. The van der Waals surface area contributed by atoms with Crippen molar-refractivity contribution >= 4 is 17.5 Å². The summed E-state index contributed by atoms with van der Waals surface area (Å²) in [4.78, 5) is 20.3. The number of nitrogens with zero attached hydrogens (tertiary/aromatic N) is 5. The van der Waals surface area contributed by atoms with Crippen molar-refractivity contribution in [2.24, 2.45) is 17.3 Å². The Labute approximate surface area is 231 Å². The lowest BCUT2D eigenvalue weighted by Crippen LogP contribution is -2.55. The first-order valence-corrected chi connectivity index (χ1v) is 14.9. The summed E-state index contributed by atoms with van der Waals surface area (Å²) in [6.07, 6.45) is 16.4. The van der Waals surface area contributed by atoms with Gasteiger partial charge in [-0.25, -0.2) is 4.98 Å². The number of hydrogen-bond donors (Lipinski definition) is 1. The number of nitrogens with one attached hydrogen (secondary N) is 1. The van der Waals surface area contributed by atoms with Gasteiger partial charge in [0.05, 0.1) is 12.1 Å². The van der Waals surface area contributed by atoms with E-state index in [2.05, 4.69) is 26.4 Å². The molecule has 1 amide bonds. The summed E-state index contributed by atoms with van der Waals surface area (Å²) in [7, 11) is 0. The van der Waals surface area contributed by atoms with Crippen LogP contribution >= 0.6 is 11.6 Å². The molecular weight excluding hydrogens is 496 g/mol. The second-order valence-corrected chi connectivity index (χ2v) is 12.3. The van der Waals surface area contributed by atoms with E-state index in [0.717, 1.165) is 63.7 Å². The van der Waals surface area contributed by atoms with Crippen molar-refractivity contribution in [3.05, 3.63) is 47.5 Å². The molecule has 0 radical (unpaired) electrons. The van der Waals surface area contributed by atoms with E-state index in [-0.39, 0.29) is 29.3 Å². The number of aromatic nitrogens is 3. The molecule has 2 aliphatic carbocycles. The predicted molar refractivity (Wildman–Crippen MR) is 148 cm³/mol. The van der Waals surface area contributed by atoms with Crippen molar-refractivity contribution in [2.75, 3.05) is 13.1 Å². The minimum atomic E-state index is -0.266. The van der Waals surface area contributed by atoms with Crippen LogP contribution in [0, 0.1) is 28.6 Å². The Morgan fingerprint density at radius 2 is 1.79 bits per heavy atom. The first-order chi connectivity index (χ1) is 18.5. The highest BCUT2D eigenvalue weighted by Crippen LogP contribution is 2.47. The van der Waals surface area contributed by atoms with Crippen molar-refractivity contribution in [3.8, 4) is 6.07 Å². The SMILES string of the molecule is N#C[C@H]1CC[C@H](N[C@H](Cc2ccc(Cl)cc2)C(=O)N2CCC(Cn3cncn3)(C3CCCCC3)CC2)CC1. The molecule has 5 rings (SSSR count). The van der Waals surface area contributed by atoms with E-state index in [1.54, 1.807) is 6.33 Å². The molecule has 1 aromatic carbocycles. The van der Waals surface area contributed by atoms with E-state index in [1.807, 2.05) is 35.3 Å². The molecule has 2 saturated carbocycles. The summed E-state index contributed by atoms with van der Waals surface area (Å²) < 4.78 is 2.01. The molecule has 1 N–H and O–H groups in total. The van der Waals surface area contributed by atoms with E-state index in [1.165, 1.54) is 32.1 Å². The van der Waals surface area contributed by atoms with Gasteiger partial charge in [0.15, 0.2) is 0 Å². The highest BCUT2D eigenvalue weighted by atomic mass is 35.5. The zero-order chi connectivity index (χ0) is 26.4. The molecule has 204 valence electrons. The minimum Gasteiger partial charge on any atom is -0.341 e. The molecule has 0 unspecified atom stereocenters. The number of piperidine rings is 1. The monoisotopic (exact) mass is 536 g/mol. The van der Waals surface area contributed by atoms with Gasteiger partial charge in [-0.15, -0.1) is 0 Å². The molecule has 1 saturated heterocycles. The van der Waals surface area contributed by atoms with Gasteiger partial charge < -0.3 is 10.2 Å². The third kappa shape index (κ3) is 6.58. The molecule has 8 heteroatoms. The average Bonchev–Trinajstić information content (AvgIpc) is 3.47. The summed E-state index contributed by atoms with van der Waals surface area (Å²) >= 11 is 6.13. The second-order valence-electron chi connectivity index (χ2n) is 11.8. The maximum Gasteiger partial charge on any atom is 0.240 e. The summed E-state index contributed by atoms with van der Waals surface area (Å²) in [5, 5.41) is 18.2. The van der Waals surface area contributed by atoms with Gasteiger partial charge in [0.1, 0.15) is 12.7 Å². The Bertz CT molecular complexity index is 1060. The van der Waals surface area contributed by atoms with Crippen LogP contribution in [-0.4, -0.2) is 50.7 Å². The number of halogens is 1. The molecule has 2 heterocycles. The van der Waals surface area contributed by atoms with Crippen LogP contribution in [0.2, 0.25) is 5.02 Å². The number of likely N-dealkylation sites (tertiary alicyclic amines) is 1. The standard InChI is InChI=1S/C30H41ClN6O/c31-26-10-6-23(7-11-26)18-28(35-27-12-8-24(19-32)9-13-27)29(38)36-16-14-30(15-17-36,20-37-22-33-21-34-37)25-4-2-1-3-5-25/h6-7,10-11,21-22,24-25,27-28,35H,1-5,8-9,12-18,20H2/t24-,27-,28-/m1/s1. The third-order valence-electron chi connectivity index (χ3n) is 9.48. The second kappa shape index (κ2) is 12.6. The number of hydrogen-bond acceptors (Lipinski definition) is 5. The van der Waals surface area contributed by atoms with E-state index in [4.69, 9.17) is 11.6 Å². The molecule has 1 aromatic heterocycles. The lowest BCUT2D eigenvalue weighted by molar-refractivity contribution is -0.137. The number of carbonyl (C=O) groups excluding carboxylic acids is 1. The fourth-order valence-corrected chi connectivity index (χ4v) is 7.31. The fraction of sp³-hybridized carbons (Fsp3) is 0.667. The van der Waals surface area contributed by atoms with Crippen LogP contribution < -0.4 is 5.32 Å².